The highest BCUT2D eigenvalue weighted by Crippen LogP contribution is 2.30. The van der Waals surface area contributed by atoms with Crippen LogP contribution in [0.4, 0.5) is 11.4 Å². The highest BCUT2D eigenvalue weighted by molar-refractivity contribution is 7.80. The van der Waals surface area contributed by atoms with E-state index in [1.165, 1.54) is 23.1 Å². The van der Waals surface area contributed by atoms with Crippen molar-refractivity contribution in [1.29, 1.82) is 0 Å². The number of non-ortho nitro benzene ring substituents is 1. The van der Waals surface area contributed by atoms with Crippen LogP contribution in [0.5, 0.6) is 11.5 Å². The molecule has 0 atom stereocenters. The number of para-hydroxylation sites is 1. The molecule has 41 heavy (non-hydrogen) atoms. The maximum Gasteiger partial charge on any atom is 0.270 e. The van der Waals surface area contributed by atoms with Gasteiger partial charge in [0.1, 0.15) is 22.9 Å². The van der Waals surface area contributed by atoms with Gasteiger partial charge in [0.25, 0.3) is 17.5 Å². The Bertz CT molecular complexity index is 1880. The van der Waals surface area contributed by atoms with Crippen LogP contribution in [0.25, 0.3) is 23.0 Å². The first kappa shape index (κ1) is 25.6. The molecule has 1 aliphatic heterocycles. The zero-order chi connectivity index (χ0) is 28.5. The largest absolute Gasteiger partial charge is 0.457 e. The van der Waals surface area contributed by atoms with Gasteiger partial charge in [0.05, 0.1) is 21.8 Å². The molecule has 0 aliphatic carbocycles. The van der Waals surface area contributed by atoms with Gasteiger partial charge in [-0.25, -0.2) is 4.98 Å². The molecular weight excluding hydrogens is 542 g/mol. The zero-order valence-electron chi connectivity index (χ0n) is 21.1. The van der Waals surface area contributed by atoms with Gasteiger partial charge in [-0.15, -0.1) is 0 Å². The summed E-state index contributed by atoms with van der Waals surface area (Å²) in [6.07, 6.45) is 3.15. The lowest BCUT2D eigenvalue weighted by Crippen LogP contribution is -2.54. The summed E-state index contributed by atoms with van der Waals surface area (Å²) in [6.45, 7) is 0. The molecule has 1 N–H and O–H groups in total. The molecule has 1 saturated heterocycles. The van der Waals surface area contributed by atoms with E-state index in [-0.39, 0.29) is 16.4 Å². The number of ether oxygens (including phenoxy) is 1. The number of nitro benzene ring substituents is 1. The van der Waals surface area contributed by atoms with Gasteiger partial charge in [-0.05, 0) is 66.8 Å². The van der Waals surface area contributed by atoms with Crippen LogP contribution in [0.15, 0.2) is 109 Å². The van der Waals surface area contributed by atoms with E-state index in [0.29, 0.717) is 39.8 Å². The third-order valence-electron chi connectivity index (χ3n) is 6.35. The van der Waals surface area contributed by atoms with Crippen molar-refractivity contribution in [1.82, 2.24) is 14.7 Å². The number of amides is 2. The Kier molecular flexibility index (Phi) is 6.54. The number of benzene rings is 3. The number of pyridine rings is 1. The molecule has 3 heterocycles. The molecule has 2 aromatic heterocycles. The molecular formula is C30H19N5O5S. The summed E-state index contributed by atoms with van der Waals surface area (Å²) in [5, 5.41) is 13.9. The van der Waals surface area contributed by atoms with Crippen LogP contribution in [0.1, 0.15) is 5.69 Å². The van der Waals surface area contributed by atoms with Gasteiger partial charge < -0.3 is 4.74 Å². The van der Waals surface area contributed by atoms with Gasteiger partial charge in [0.2, 0.25) is 0 Å². The van der Waals surface area contributed by atoms with Crippen LogP contribution in [-0.4, -0.2) is 31.2 Å². The number of rotatable bonds is 6. The Hall–Kier alpha value is -5.68. The Morgan fingerprint density at radius 1 is 0.902 bits per heavy atom. The molecule has 3 aromatic carbocycles. The number of fused-ring (bicyclic) bond motifs is 1. The number of nitrogens with zero attached hydrogens (tertiary/aromatic N) is 4. The second kappa shape index (κ2) is 10.5. The van der Waals surface area contributed by atoms with E-state index in [2.05, 4.69) is 10.3 Å². The summed E-state index contributed by atoms with van der Waals surface area (Å²) in [7, 11) is 0. The third kappa shape index (κ3) is 4.92. The number of nitrogens with one attached hydrogen (secondary N) is 1. The number of imidazole rings is 1. The number of carbonyl (C=O) groups excluding carboxylic acids is 2. The minimum atomic E-state index is -0.658. The molecule has 200 valence electrons. The van der Waals surface area contributed by atoms with Crippen LogP contribution in [0, 0.1) is 10.1 Å². The first-order valence-electron chi connectivity index (χ1n) is 12.4. The second-order valence-corrected chi connectivity index (χ2v) is 9.34. The number of hydrogen-bond donors (Lipinski definition) is 1. The summed E-state index contributed by atoms with van der Waals surface area (Å²) >= 11 is 5.34. The monoisotopic (exact) mass is 561 g/mol. The summed E-state index contributed by atoms with van der Waals surface area (Å²) in [4.78, 5) is 43.3. The standard InChI is InChI=1S/C30H19N5O5S/c36-28-24(18-25-26-11-4-5-16-33(26)27(31-25)19-7-6-8-21(17-19)35(38)39)29(37)34(30(41)32-28)20-12-14-23(15-13-20)40-22-9-2-1-3-10-22/h1-18H,(H,32,36,41). The predicted molar refractivity (Wildman–Crippen MR) is 156 cm³/mol. The van der Waals surface area contributed by atoms with E-state index in [1.54, 1.807) is 65.2 Å². The topological polar surface area (TPSA) is 119 Å². The van der Waals surface area contributed by atoms with Crippen molar-refractivity contribution in [2.75, 3.05) is 4.90 Å². The average Bonchev–Trinajstić information content (AvgIpc) is 3.35. The lowest BCUT2D eigenvalue weighted by atomic mass is 10.1. The number of carbonyl (C=O) groups is 2. The molecule has 0 bridgehead atoms. The second-order valence-electron chi connectivity index (χ2n) is 8.95. The molecule has 2 amide bonds. The molecule has 1 fully saturated rings. The quantitative estimate of drug-likeness (QED) is 0.0951. The third-order valence-corrected chi connectivity index (χ3v) is 6.63. The first-order chi connectivity index (χ1) is 19.9. The molecule has 0 saturated carbocycles. The fourth-order valence-electron chi connectivity index (χ4n) is 4.45. The Morgan fingerprint density at radius 3 is 2.39 bits per heavy atom. The summed E-state index contributed by atoms with van der Waals surface area (Å²) in [6, 6.07) is 27.5. The summed E-state index contributed by atoms with van der Waals surface area (Å²) in [5.41, 5.74) is 1.64. The molecule has 0 unspecified atom stereocenters. The Labute approximate surface area is 238 Å². The highest BCUT2D eigenvalue weighted by Gasteiger charge is 2.35. The molecule has 0 spiro atoms. The van der Waals surface area contributed by atoms with Crippen LogP contribution >= 0.6 is 12.2 Å². The van der Waals surface area contributed by atoms with Gasteiger partial charge >= 0.3 is 0 Å². The number of aromatic nitrogens is 2. The number of anilines is 1. The molecule has 6 rings (SSSR count). The molecule has 0 radical (unpaired) electrons. The minimum Gasteiger partial charge on any atom is -0.457 e. The van der Waals surface area contributed by atoms with Crippen LogP contribution in [0.3, 0.4) is 0 Å². The Morgan fingerprint density at radius 2 is 1.63 bits per heavy atom. The van der Waals surface area contributed by atoms with Gasteiger partial charge in [-0.1, -0.05) is 36.4 Å². The molecule has 5 aromatic rings. The Balaban J connectivity index is 1.36. The van der Waals surface area contributed by atoms with Gasteiger partial charge in [-0.3, -0.25) is 34.3 Å². The van der Waals surface area contributed by atoms with Gasteiger partial charge in [0, 0.05) is 23.9 Å². The SMILES string of the molecule is O=C1NC(=S)N(c2ccc(Oc3ccccc3)cc2)C(=O)C1=Cc1nc(-c2cccc([N+](=O)[O-])c2)n2ccccc12. The maximum absolute atomic E-state index is 13.6. The number of hydrogen-bond acceptors (Lipinski definition) is 7. The normalized spacial score (nSPS) is 14.4. The van der Waals surface area contributed by atoms with Crippen molar-refractivity contribution in [3.63, 3.8) is 0 Å². The summed E-state index contributed by atoms with van der Waals surface area (Å²) < 4.78 is 7.57. The van der Waals surface area contributed by atoms with Crippen molar-refractivity contribution in [2.45, 2.75) is 0 Å². The van der Waals surface area contributed by atoms with Gasteiger partial charge in [0.15, 0.2) is 5.11 Å². The first-order valence-corrected chi connectivity index (χ1v) is 12.8. The highest BCUT2D eigenvalue weighted by atomic mass is 32.1. The van der Waals surface area contributed by atoms with E-state index >= 15 is 0 Å². The predicted octanol–water partition coefficient (Wildman–Crippen LogP) is 5.53. The fraction of sp³-hybridized carbons (Fsp3) is 0. The van der Waals surface area contributed by atoms with Crippen molar-refractivity contribution >= 4 is 52.1 Å². The molecule has 10 nitrogen and oxygen atoms in total. The smallest absolute Gasteiger partial charge is 0.270 e. The number of nitro groups is 1. The van der Waals surface area contributed by atoms with Crippen molar-refractivity contribution in [2.24, 2.45) is 0 Å². The van der Waals surface area contributed by atoms with Crippen LogP contribution < -0.4 is 15.0 Å². The fourth-order valence-corrected chi connectivity index (χ4v) is 4.73. The van der Waals surface area contributed by atoms with E-state index in [4.69, 9.17) is 17.0 Å². The van der Waals surface area contributed by atoms with Crippen molar-refractivity contribution < 1.29 is 19.2 Å². The van der Waals surface area contributed by atoms with E-state index in [0.717, 1.165) is 0 Å². The van der Waals surface area contributed by atoms with Crippen molar-refractivity contribution in [3.8, 4) is 22.9 Å². The molecule has 11 heteroatoms. The maximum atomic E-state index is 13.6. The van der Waals surface area contributed by atoms with Gasteiger partial charge in [-0.2, -0.15) is 0 Å². The lowest BCUT2D eigenvalue weighted by molar-refractivity contribution is -0.384. The summed E-state index contributed by atoms with van der Waals surface area (Å²) in [5.74, 6) is 0.368. The van der Waals surface area contributed by atoms with Crippen LogP contribution in [-0.2, 0) is 9.59 Å². The molecule has 1 aliphatic rings. The minimum absolute atomic E-state index is 0.0548. The zero-order valence-corrected chi connectivity index (χ0v) is 21.9. The van der Waals surface area contributed by atoms with E-state index in [9.17, 15) is 19.7 Å². The average molecular weight is 562 g/mol. The van der Waals surface area contributed by atoms with Crippen LogP contribution in [0.2, 0.25) is 0 Å². The van der Waals surface area contributed by atoms with Crippen molar-refractivity contribution in [3.05, 3.63) is 125 Å². The van der Waals surface area contributed by atoms with E-state index < -0.39 is 16.7 Å². The lowest BCUT2D eigenvalue weighted by Gasteiger charge is -2.28. The van der Waals surface area contributed by atoms with E-state index in [1.807, 2.05) is 30.3 Å². The number of thiocarbonyl (C=S) groups is 1.